The van der Waals surface area contributed by atoms with Crippen LogP contribution >= 0.6 is 0 Å². The number of carbonyl (C=O) groups is 1. The number of morpholine rings is 1. The van der Waals surface area contributed by atoms with Crippen molar-refractivity contribution in [2.75, 3.05) is 26.3 Å². The van der Waals surface area contributed by atoms with Gasteiger partial charge in [0.25, 0.3) is 5.91 Å². The molecule has 4 rings (SSSR count). The van der Waals surface area contributed by atoms with E-state index in [1.807, 2.05) is 31.2 Å². The average Bonchev–Trinajstić information content (AvgIpc) is 3.14. The number of aryl methyl sites for hydroxylation is 1. The highest BCUT2D eigenvalue weighted by atomic mass is 16.5. The molecule has 1 amide bonds. The fourth-order valence-electron chi connectivity index (χ4n) is 3.49. The van der Waals surface area contributed by atoms with Crippen LogP contribution in [0.3, 0.4) is 0 Å². The number of H-pyrrole nitrogens is 1. The lowest BCUT2D eigenvalue weighted by Crippen LogP contribution is -2.35. The number of hydrogen-bond acceptors (Lipinski definition) is 3. The van der Waals surface area contributed by atoms with Gasteiger partial charge in [0.15, 0.2) is 0 Å². The highest BCUT2D eigenvalue weighted by molar-refractivity contribution is 5.98. The average molecular weight is 363 g/mol. The molecule has 1 aromatic heterocycles. The van der Waals surface area contributed by atoms with Gasteiger partial charge >= 0.3 is 0 Å². The third-order valence-electron chi connectivity index (χ3n) is 5.10. The van der Waals surface area contributed by atoms with Crippen LogP contribution in [0.1, 0.15) is 27.2 Å². The Hall–Kier alpha value is -2.63. The topological polar surface area (TPSA) is 57.4 Å². The number of carbonyl (C=O) groups excluding carboxylic acids is 1. The maximum Gasteiger partial charge on any atom is 0.267 e. The molecule has 5 heteroatoms. The molecule has 0 aliphatic carbocycles. The smallest absolute Gasteiger partial charge is 0.267 e. The molecule has 0 radical (unpaired) electrons. The Morgan fingerprint density at radius 1 is 1.11 bits per heavy atom. The van der Waals surface area contributed by atoms with E-state index in [9.17, 15) is 4.79 Å². The van der Waals surface area contributed by atoms with E-state index < -0.39 is 0 Å². The number of aromatic amines is 1. The van der Waals surface area contributed by atoms with Gasteiger partial charge in [-0.05, 0) is 29.7 Å². The first kappa shape index (κ1) is 17.8. The van der Waals surface area contributed by atoms with Crippen molar-refractivity contribution in [1.82, 2.24) is 15.2 Å². The SMILES string of the molecule is Cc1cccc2cc(C(=O)NCc3ccc(CN4CCOCC4)cc3)[nH]c12. The predicted molar refractivity (Wildman–Crippen MR) is 107 cm³/mol. The summed E-state index contributed by atoms with van der Waals surface area (Å²) in [6, 6.07) is 16.4. The van der Waals surface area contributed by atoms with E-state index in [2.05, 4.69) is 39.5 Å². The monoisotopic (exact) mass is 363 g/mol. The molecule has 0 bridgehead atoms. The van der Waals surface area contributed by atoms with Gasteiger partial charge < -0.3 is 15.0 Å². The summed E-state index contributed by atoms with van der Waals surface area (Å²) in [7, 11) is 0. The molecular formula is C22H25N3O2. The fourth-order valence-corrected chi connectivity index (χ4v) is 3.49. The minimum atomic E-state index is -0.0806. The van der Waals surface area contributed by atoms with Gasteiger partial charge in [-0.3, -0.25) is 9.69 Å². The zero-order chi connectivity index (χ0) is 18.6. The number of para-hydroxylation sites is 1. The maximum atomic E-state index is 12.5. The molecule has 1 aliphatic rings. The second kappa shape index (κ2) is 7.94. The lowest BCUT2D eigenvalue weighted by atomic mass is 10.1. The molecule has 2 N–H and O–H groups in total. The van der Waals surface area contributed by atoms with Gasteiger partial charge in [-0.15, -0.1) is 0 Å². The van der Waals surface area contributed by atoms with Gasteiger partial charge in [-0.1, -0.05) is 42.5 Å². The van der Waals surface area contributed by atoms with Crippen molar-refractivity contribution in [3.8, 4) is 0 Å². The van der Waals surface area contributed by atoms with E-state index in [1.165, 1.54) is 5.56 Å². The van der Waals surface area contributed by atoms with Gasteiger partial charge in [0, 0.05) is 37.1 Å². The molecular weight excluding hydrogens is 338 g/mol. The Morgan fingerprint density at radius 3 is 2.59 bits per heavy atom. The number of nitrogens with one attached hydrogen (secondary N) is 2. The van der Waals surface area contributed by atoms with Crippen molar-refractivity contribution in [3.63, 3.8) is 0 Å². The Morgan fingerprint density at radius 2 is 1.85 bits per heavy atom. The fraction of sp³-hybridized carbons (Fsp3) is 0.318. The highest BCUT2D eigenvalue weighted by Gasteiger charge is 2.12. The van der Waals surface area contributed by atoms with Crippen molar-refractivity contribution in [2.24, 2.45) is 0 Å². The van der Waals surface area contributed by atoms with Gasteiger partial charge in [0.05, 0.1) is 13.2 Å². The molecule has 3 aromatic rings. The molecule has 1 saturated heterocycles. The van der Waals surface area contributed by atoms with E-state index in [1.54, 1.807) is 0 Å². The molecule has 1 aliphatic heterocycles. The van der Waals surface area contributed by atoms with Gasteiger partial charge in [0.1, 0.15) is 5.69 Å². The van der Waals surface area contributed by atoms with Gasteiger partial charge in [-0.25, -0.2) is 0 Å². The van der Waals surface area contributed by atoms with E-state index in [-0.39, 0.29) is 5.91 Å². The Bertz CT molecular complexity index is 924. The zero-order valence-electron chi connectivity index (χ0n) is 15.6. The molecule has 0 saturated carbocycles. The van der Waals surface area contributed by atoms with E-state index in [0.717, 1.165) is 54.9 Å². The van der Waals surface area contributed by atoms with Crippen LogP contribution in [0.25, 0.3) is 10.9 Å². The molecule has 0 atom stereocenters. The highest BCUT2D eigenvalue weighted by Crippen LogP contribution is 2.19. The number of aromatic nitrogens is 1. The van der Waals surface area contributed by atoms with Crippen LogP contribution < -0.4 is 5.32 Å². The normalized spacial score (nSPS) is 15.1. The largest absolute Gasteiger partial charge is 0.379 e. The minimum Gasteiger partial charge on any atom is -0.379 e. The maximum absolute atomic E-state index is 12.5. The molecule has 2 aromatic carbocycles. The van der Waals surface area contributed by atoms with Gasteiger partial charge in [-0.2, -0.15) is 0 Å². The van der Waals surface area contributed by atoms with Gasteiger partial charge in [0.2, 0.25) is 0 Å². The van der Waals surface area contributed by atoms with Crippen LogP contribution in [0.5, 0.6) is 0 Å². The van der Waals surface area contributed by atoms with Crippen molar-refractivity contribution < 1.29 is 9.53 Å². The molecule has 2 heterocycles. The zero-order valence-corrected chi connectivity index (χ0v) is 15.6. The van der Waals surface area contributed by atoms with Crippen LogP contribution in [0, 0.1) is 6.92 Å². The molecule has 0 spiro atoms. The van der Waals surface area contributed by atoms with Crippen molar-refractivity contribution >= 4 is 16.8 Å². The number of ether oxygens (including phenoxy) is 1. The lowest BCUT2D eigenvalue weighted by Gasteiger charge is -2.26. The van der Waals surface area contributed by atoms with Crippen molar-refractivity contribution in [3.05, 3.63) is 70.9 Å². The summed E-state index contributed by atoms with van der Waals surface area (Å²) in [5.41, 5.74) is 5.15. The van der Waals surface area contributed by atoms with E-state index in [0.29, 0.717) is 12.2 Å². The first-order chi connectivity index (χ1) is 13.2. The minimum absolute atomic E-state index is 0.0806. The summed E-state index contributed by atoms with van der Waals surface area (Å²) in [5.74, 6) is -0.0806. The summed E-state index contributed by atoms with van der Waals surface area (Å²) >= 11 is 0. The standard InChI is InChI=1S/C22H25N3O2/c1-16-3-2-4-19-13-20(24-21(16)19)22(26)23-14-17-5-7-18(8-6-17)15-25-9-11-27-12-10-25/h2-8,13,24H,9-12,14-15H2,1H3,(H,23,26). The molecule has 0 unspecified atom stereocenters. The van der Waals surface area contributed by atoms with Crippen molar-refractivity contribution in [1.29, 1.82) is 0 Å². The summed E-state index contributed by atoms with van der Waals surface area (Å²) in [4.78, 5) is 18.1. The molecule has 27 heavy (non-hydrogen) atoms. The lowest BCUT2D eigenvalue weighted by molar-refractivity contribution is 0.0342. The Balaban J connectivity index is 1.34. The van der Waals surface area contributed by atoms with Crippen LogP contribution in [-0.2, 0) is 17.8 Å². The van der Waals surface area contributed by atoms with E-state index in [4.69, 9.17) is 4.74 Å². The Kier molecular flexibility index (Phi) is 5.23. The van der Waals surface area contributed by atoms with E-state index >= 15 is 0 Å². The van der Waals surface area contributed by atoms with Crippen LogP contribution in [0.4, 0.5) is 0 Å². The third kappa shape index (κ3) is 4.21. The molecule has 5 nitrogen and oxygen atoms in total. The Labute approximate surface area is 159 Å². The second-order valence-corrected chi connectivity index (χ2v) is 7.11. The number of nitrogens with zero attached hydrogens (tertiary/aromatic N) is 1. The number of benzene rings is 2. The first-order valence-electron chi connectivity index (χ1n) is 9.43. The number of fused-ring (bicyclic) bond motifs is 1. The molecule has 140 valence electrons. The number of hydrogen-bond donors (Lipinski definition) is 2. The predicted octanol–water partition coefficient (Wildman–Crippen LogP) is 3.24. The summed E-state index contributed by atoms with van der Waals surface area (Å²) < 4.78 is 5.39. The van der Waals surface area contributed by atoms with Crippen LogP contribution in [0.2, 0.25) is 0 Å². The summed E-state index contributed by atoms with van der Waals surface area (Å²) in [5, 5.41) is 4.06. The van der Waals surface area contributed by atoms with Crippen LogP contribution in [-0.4, -0.2) is 42.1 Å². The third-order valence-corrected chi connectivity index (χ3v) is 5.10. The van der Waals surface area contributed by atoms with Crippen molar-refractivity contribution in [2.45, 2.75) is 20.0 Å². The number of rotatable bonds is 5. The first-order valence-corrected chi connectivity index (χ1v) is 9.43. The summed E-state index contributed by atoms with van der Waals surface area (Å²) in [6.07, 6.45) is 0. The number of amides is 1. The quantitative estimate of drug-likeness (QED) is 0.732. The second-order valence-electron chi connectivity index (χ2n) is 7.11. The summed E-state index contributed by atoms with van der Waals surface area (Å²) in [6.45, 7) is 7.12. The molecule has 1 fully saturated rings. The van der Waals surface area contributed by atoms with Crippen LogP contribution in [0.15, 0.2) is 48.5 Å².